The summed E-state index contributed by atoms with van der Waals surface area (Å²) < 4.78 is 17.8. The highest BCUT2D eigenvalue weighted by Gasteiger charge is 2.46. The summed E-state index contributed by atoms with van der Waals surface area (Å²) in [6, 6.07) is 4.18. The first-order valence-electron chi connectivity index (χ1n) is 18.5. The molecule has 1 aromatic carbocycles. The fourth-order valence-electron chi connectivity index (χ4n) is 7.06. The number of ketones is 1. The second-order valence-corrected chi connectivity index (χ2v) is 15.6. The first-order chi connectivity index (χ1) is 24.5. The smallest absolute Gasteiger partial charge is 0.308 e. The van der Waals surface area contributed by atoms with Gasteiger partial charge in [-0.1, -0.05) is 37.5 Å². The van der Waals surface area contributed by atoms with Crippen LogP contribution < -0.4 is 20.7 Å². The summed E-state index contributed by atoms with van der Waals surface area (Å²) in [5, 5.41) is 8.15. The van der Waals surface area contributed by atoms with Gasteiger partial charge in [0.1, 0.15) is 29.5 Å². The fourth-order valence-corrected chi connectivity index (χ4v) is 7.06. The van der Waals surface area contributed by atoms with Gasteiger partial charge in [0.15, 0.2) is 0 Å². The standard InChI is InChI=1S/C39H56N4O9/c1-7-12-29(34(46)36(48)40-19-17-32(45)52-38(2,3)4)41-35(47)30-23-28-24-43(30)37(49)33(26-14-9-8-10-15-26)42-31(44)22-25-13-11-16-27(21-25)50-20-18-39(5,6)51-28/h7,11,13,16,21,26,28-30,33H,1,8-10,12,14-15,17-20,22-24H2,2-6H3,(H,40,48)(H,41,47)(H,42,44)/t28-,29?,30+,33+/m1/s1. The van der Waals surface area contributed by atoms with E-state index in [1.54, 1.807) is 20.8 Å². The lowest BCUT2D eigenvalue weighted by Gasteiger charge is -2.35. The van der Waals surface area contributed by atoms with Crippen LogP contribution >= 0.6 is 0 Å². The van der Waals surface area contributed by atoms with Gasteiger partial charge in [-0.2, -0.15) is 0 Å². The Balaban J connectivity index is 1.56. The van der Waals surface area contributed by atoms with Crippen LogP contribution in [0.25, 0.3) is 0 Å². The summed E-state index contributed by atoms with van der Waals surface area (Å²) in [7, 11) is 0. The van der Waals surface area contributed by atoms with E-state index in [1.165, 1.54) is 11.0 Å². The van der Waals surface area contributed by atoms with Crippen molar-refractivity contribution in [3.05, 3.63) is 42.5 Å². The van der Waals surface area contributed by atoms with Crippen molar-refractivity contribution in [3.63, 3.8) is 0 Å². The molecule has 4 bridgehead atoms. The van der Waals surface area contributed by atoms with E-state index in [0.29, 0.717) is 18.8 Å². The van der Waals surface area contributed by atoms with Crippen molar-refractivity contribution < 1.29 is 43.0 Å². The molecule has 0 radical (unpaired) electrons. The molecule has 4 rings (SSSR count). The van der Waals surface area contributed by atoms with Crippen LogP contribution in [0.2, 0.25) is 0 Å². The molecule has 1 saturated heterocycles. The molecule has 286 valence electrons. The van der Waals surface area contributed by atoms with Gasteiger partial charge >= 0.3 is 5.97 Å². The maximum atomic E-state index is 14.6. The molecule has 2 aliphatic heterocycles. The highest BCUT2D eigenvalue weighted by Crippen LogP contribution is 2.32. The molecule has 3 N–H and O–H groups in total. The van der Waals surface area contributed by atoms with Gasteiger partial charge < -0.3 is 35.1 Å². The van der Waals surface area contributed by atoms with Gasteiger partial charge in [0, 0.05) is 25.9 Å². The predicted molar refractivity (Wildman–Crippen MR) is 193 cm³/mol. The van der Waals surface area contributed by atoms with Gasteiger partial charge in [-0.25, -0.2) is 0 Å². The van der Waals surface area contributed by atoms with Crippen LogP contribution in [-0.4, -0.2) is 95.4 Å². The Hall–Kier alpha value is -4.26. The third-order valence-corrected chi connectivity index (χ3v) is 9.57. The number of carbonyl (C=O) groups is 6. The zero-order chi connectivity index (χ0) is 38.1. The first-order valence-corrected chi connectivity index (χ1v) is 18.5. The molecule has 4 atom stereocenters. The fraction of sp³-hybridized carbons (Fsp3) is 0.641. The Morgan fingerprint density at radius 1 is 1.13 bits per heavy atom. The Morgan fingerprint density at radius 3 is 2.56 bits per heavy atom. The molecular formula is C39H56N4O9. The number of esters is 1. The molecule has 0 aromatic heterocycles. The lowest BCUT2D eigenvalue weighted by Crippen LogP contribution is -2.58. The topological polar surface area (TPSA) is 169 Å². The molecule has 52 heavy (non-hydrogen) atoms. The Labute approximate surface area is 306 Å². The molecule has 0 spiro atoms. The van der Waals surface area contributed by atoms with E-state index in [1.807, 2.05) is 38.1 Å². The molecule has 2 fully saturated rings. The van der Waals surface area contributed by atoms with Crippen molar-refractivity contribution in [3.8, 4) is 5.75 Å². The Kier molecular flexibility index (Phi) is 14.0. The van der Waals surface area contributed by atoms with Gasteiger partial charge in [0.05, 0.1) is 31.2 Å². The van der Waals surface area contributed by atoms with Crippen molar-refractivity contribution >= 4 is 35.4 Å². The number of fused-ring (bicyclic) bond motifs is 4. The summed E-state index contributed by atoms with van der Waals surface area (Å²) >= 11 is 0. The van der Waals surface area contributed by atoms with Crippen LogP contribution in [-0.2, 0) is 44.7 Å². The van der Waals surface area contributed by atoms with Gasteiger partial charge in [-0.05, 0) is 77.5 Å². The highest BCUT2D eigenvalue weighted by atomic mass is 16.6. The zero-order valence-electron chi connectivity index (χ0n) is 31.3. The van der Waals surface area contributed by atoms with Crippen molar-refractivity contribution in [2.45, 2.75) is 134 Å². The monoisotopic (exact) mass is 724 g/mol. The average Bonchev–Trinajstić information content (AvgIpc) is 3.48. The van der Waals surface area contributed by atoms with Gasteiger partial charge in [-0.3, -0.25) is 28.8 Å². The Morgan fingerprint density at radius 2 is 1.87 bits per heavy atom. The molecule has 4 amide bonds. The predicted octanol–water partition coefficient (Wildman–Crippen LogP) is 3.32. The summed E-state index contributed by atoms with van der Waals surface area (Å²) in [6.45, 7) is 13.0. The van der Waals surface area contributed by atoms with Gasteiger partial charge in [0.25, 0.3) is 5.91 Å². The first kappa shape index (κ1) is 40.5. The van der Waals surface area contributed by atoms with Gasteiger partial charge in [-0.15, -0.1) is 6.58 Å². The van der Waals surface area contributed by atoms with Crippen molar-refractivity contribution in [2.24, 2.45) is 5.92 Å². The number of nitrogens with one attached hydrogen (secondary N) is 3. The average molecular weight is 725 g/mol. The summed E-state index contributed by atoms with van der Waals surface area (Å²) in [6.07, 6.45) is 5.85. The SMILES string of the molecule is C=CCC(NC(=O)[C@@H]1C[C@@H]2CN1C(=O)[C@H](C1CCCCC1)NC(=O)Cc1cccc(c1)OCCC(C)(C)O2)C(=O)C(=O)NCCC(=O)OC(C)(C)C. The number of Topliss-reactive ketones (excluding diaryl/α,β-unsaturated/α-hetero) is 1. The zero-order valence-corrected chi connectivity index (χ0v) is 31.3. The number of amides is 4. The van der Waals surface area contributed by atoms with E-state index in [4.69, 9.17) is 14.2 Å². The van der Waals surface area contributed by atoms with E-state index in [9.17, 15) is 28.8 Å². The summed E-state index contributed by atoms with van der Waals surface area (Å²) in [4.78, 5) is 81.8. The lowest BCUT2D eigenvalue weighted by molar-refractivity contribution is -0.154. The summed E-state index contributed by atoms with van der Waals surface area (Å²) in [5.74, 6) is -3.19. The highest BCUT2D eigenvalue weighted by molar-refractivity contribution is 6.38. The molecule has 13 heteroatoms. The van der Waals surface area contributed by atoms with Crippen LogP contribution in [0.3, 0.4) is 0 Å². The lowest BCUT2D eigenvalue weighted by atomic mass is 9.83. The van der Waals surface area contributed by atoms with Crippen molar-refractivity contribution in [1.29, 1.82) is 0 Å². The normalized spacial score (nSPS) is 23.4. The van der Waals surface area contributed by atoms with Crippen molar-refractivity contribution in [2.75, 3.05) is 19.7 Å². The number of ether oxygens (including phenoxy) is 3. The van der Waals surface area contributed by atoms with Crippen LogP contribution in [0, 0.1) is 5.92 Å². The number of hydrogen-bond donors (Lipinski definition) is 3. The van der Waals surface area contributed by atoms with E-state index in [0.717, 1.165) is 37.7 Å². The van der Waals surface area contributed by atoms with Gasteiger partial charge in [0.2, 0.25) is 23.5 Å². The largest absolute Gasteiger partial charge is 0.493 e. The minimum Gasteiger partial charge on any atom is -0.493 e. The number of hydrogen-bond acceptors (Lipinski definition) is 9. The maximum absolute atomic E-state index is 14.6. The minimum atomic E-state index is -1.26. The third-order valence-electron chi connectivity index (χ3n) is 9.57. The maximum Gasteiger partial charge on any atom is 0.308 e. The number of nitrogens with zero attached hydrogens (tertiary/aromatic N) is 1. The second kappa shape index (κ2) is 18.0. The number of rotatable bonds is 10. The van der Waals surface area contributed by atoms with Crippen molar-refractivity contribution in [1.82, 2.24) is 20.9 Å². The van der Waals surface area contributed by atoms with E-state index in [-0.39, 0.29) is 56.5 Å². The van der Waals surface area contributed by atoms with E-state index in [2.05, 4.69) is 22.5 Å². The van der Waals surface area contributed by atoms with Crippen LogP contribution in [0.1, 0.15) is 98.0 Å². The minimum absolute atomic E-state index is 0.0425. The molecule has 1 unspecified atom stereocenters. The second-order valence-electron chi connectivity index (χ2n) is 15.6. The molecular weight excluding hydrogens is 668 g/mol. The molecule has 1 aromatic rings. The van der Waals surface area contributed by atoms with Crippen LogP contribution in [0.5, 0.6) is 5.75 Å². The quantitative estimate of drug-likeness (QED) is 0.186. The summed E-state index contributed by atoms with van der Waals surface area (Å²) in [5.41, 5.74) is -0.616. The molecule has 1 saturated carbocycles. The third kappa shape index (κ3) is 11.9. The number of carbonyl (C=O) groups excluding carboxylic acids is 6. The molecule has 2 heterocycles. The van der Waals surface area contributed by atoms with Crippen LogP contribution in [0.4, 0.5) is 0 Å². The number of benzene rings is 1. The van der Waals surface area contributed by atoms with E-state index < -0.39 is 59.0 Å². The molecule has 1 aliphatic carbocycles. The van der Waals surface area contributed by atoms with E-state index >= 15 is 0 Å². The molecule has 3 aliphatic rings. The van der Waals surface area contributed by atoms with Crippen LogP contribution in [0.15, 0.2) is 36.9 Å². The Bertz CT molecular complexity index is 1480. The molecule has 13 nitrogen and oxygen atoms in total.